The van der Waals surface area contributed by atoms with E-state index in [2.05, 4.69) is 45.1 Å². The zero-order valence-corrected chi connectivity index (χ0v) is 25.6. The van der Waals surface area contributed by atoms with Crippen LogP contribution in [0.15, 0.2) is 78.9 Å². The second-order valence-electron chi connectivity index (χ2n) is 12.0. The fraction of sp³-hybridized carbons (Fsp3) is 0.382. The molecule has 0 bridgehead atoms. The lowest BCUT2D eigenvalue weighted by molar-refractivity contribution is -0.129. The Morgan fingerprint density at radius 1 is 0.884 bits per heavy atom. The number of likely N-dealkylation sites (N-methyl/N-ethyl adjacent to an activating group) is 1. The molecule has 9 nitrogen and oxygen atoms in total. The van der Waals surface area contributed by atoms with Crippen molar-refractivity contribution in [2.45, 2.75) is 58.3 Å². The molecular formula is C34H43N5O4. The number of nitrogens with one attached hydrogen (secondary N) is 3. The van der Waals surface area contributed by atoms with E-state index in [4.69, 9.17) is 4.74 Å². The minimum absolute atomic E-state index is 0.138. The van der Waals surface area contributed by atoms with E-state index >= 15 is 0 Å². The van der Waals surface area contributed by atoms with Crippen LogP contribution in [0.3, 0.4) is 0 Å². The fourth-order valence-electron chi connectivity index (χ4n) is 4.98. The second kappa shape index (κ2) is 14.7. The first-order chi connectivity index (χ1) is 20.5. The number of carbonyl (C=O) groups is 3. The van der Waals surface area contributed by atoms with Crippen LogP contribution >= 0.6 is 0 Å². The summed E-state index contributed by atoms with van der Waals surface area (Å²) in [5.74, 6) is -0.220. The van der Waals surface area contributed by atoms with Crippen LogP contribution < -0.4 is 16.0 Å². The molecule has 0 saturated carbocycles. The molecule has 3 aromatic carbocycles. The third-order valence-electron chi connectivity index (χ3n) is 7.20. The Hall–Kier alpha value is -4.37. The van der Waals surface area contributed by atoms with Crippen molar-refractivity contribution >= 4 is 23.7 Å². The summed E-state index contributed by atoms with van der Waals surface area (Å²) < 4.78 is 5.19. The Bertz CT molecular complexity index is 1360. The Morgan fingerprint density at radius 2 is 1.56 bits per heavy atom. The number of benzene rings is 3. The zero-order chi connectivity index (χ0) is 30.8. The molecule has 4 amide bonds. The molecule has 0 spiro atoms. The van der Waals surface area contributed by atoms with Crippen LogP contribution in [0.2, 0.25) is 0 Å². The molecule has 0 aromatic heterocycles. The van der Waals surface area contributed by atoms with Gasteiger partial charge in [-0.15, -0.1) is 0 Å². The molecule has 1 aliphatic rings. The van der Waals surface area contributed by atoms with Gasteiger partial charge in [0.25, 0.3) is 0 Å². The quantitative estimate of drug-likeness (QED) is 0.302. The second-order valence-corrected chi connectivity index (χ2v) is 12.0. The van der Waals surface area contributed by atoms with E-state index in [1.807, 2.05) is 54.6 Å². The van der Waals surface area contributed by atoms with Crippen molar-refractivity contribution in [3.05, 3.63) is 90.0 Å². The van der Waals surface area contributed by atoms with Gasteiger partial charge in [0.15, 0.2) is 0 Å². The monoisotopic (exact) mass is 585 g/mol. The minimum atomic E-state index is -0.624. The van der Waals surface area contributed by atoms with Crippen molar-refractivity contribution in [1.82, 2.24) is 20.4 Å². The zero-order valence-electron chi connectivity index (χ0n) is 25.6. The summed E-state index contributed by atoms with van der Waals surface area (Å²) in [5, 5.41) is 8.58. The van der Waals surface area contributed by atoms with Gasteiger partial charge in [-0.1, -0.05) is 60.7 Å². The van der Waals surface area contributed by atoms with Crippen LogP contribution in [-0.2, 0) is 22.6 Å². The highest BCUT2D eigenvalue weighted by molar-refractivity contribution is 5.89. The maximum atomic E-state index is 12.7. The number of carbonyl (C=O) groups excluding carboxylic acids is 3. The molecule has 3 N–H and O–H groups in total. The molecule has 0 radical (unpaired) electrons. The van der Waals surface area contributed by atoms with Gasteiger partial charge in [0.2, 0.25) is 5.91 Å². The lowest BCUT2D eigenvalue weighted by Gasteiger charge is -2.32. The first-order valence-electron chi connectivity index (χ1n) is 14.8. The van der Waals surface area contributed by atoms with E-state index in [9.17, 15) is 14.4 Å². The van der Waals surface area contributed by atoms with Crippen LogP contribution in [0.4, 0.5) is 15.3 Å². The molecule has 228 valence electrons. The molecule has 4 rings (SSSR count). The SMILES string of the molecule is CN(Cc1cccc(-c2ccc(NC(=O)NC3CCN(Cc4ccccc4)CC3)cc2)c1)C(=O)CNC(=O)OC(C)(C)C. The van der Waals surface area contributed by atoms with Gasteiger partial charge in [-0.05, 0) is 74.1 Å². The van der Waals surface area contributed by atoms with Crippen molar-refractivity contribution in [2.24, 2.45) is 0 Å². The lowest BCUT2D eigenvalue weighted by Crippen LogP contribution is -2.45. The normalized spacial score (nSPS) is 14.0. The standard InChI is InChI=1S/C34H43N5O4/c1-34(2,3)43-33(42)35-22-31(40)38(4)23-26-11-8-12-28(21-26)27-13-15-29(16-14-27)36-32(41)37-30-17-19-39(20-18-30)24-25-9-6-5-7-10-25/h5-16,21,30H,17-20,22-24H2,1-4H3,(H,35,42)(H2,36,37,41). The van der Waals surface area contributed by atoms with E-state index in [1.54, 1.807) is 32.7 Å². The van der Waals surface area contributed by atoms with E-state index in [0.717, 1.165) is 54.9 Å². The average molecular weight is 586 g/mol. The molecule has 3 aromatic rings. The Labute approximate surface area is 254 Å². The Morgan fingerprint density at radius 3 is 2.23 bits per heavy atom. The highest BCUT2D eigenvalue weighted by atomic mass is 16.6. The summed E-state index contributed by atoms with van der Waals surface area (Å²) in [6.07, 6.45) is 1.24. The summed E-state index contributed by atoms with van der Waals surface area (Å²) in [5.41, 5.74) is 4.38. The van der Waals surface area contributed by atoms with E-state index < -0.39 is 11.7 Å². The summed E-state index contributed by atoms with van der Waals surface area (Å²) in [4.78, 5) is 41.0. The predicted octanol–water partition coefficient (Wildman–Crippen LogP) is 5.62. The fourth-order valence-corrected chi connectivity index (χ4v) is 4.98. The topological polar surface area (TPSA) is 103 Å². The summed E-state index contributed by atoms with van der Waals surface area (Å²) in [6, 6.07) is 26.1. The Balaban J connectivity index is 1.22. The molecule has 1 saturated heterocycles. The molecule has 1 fully saturated rings. The Kier molecular flexibility index (Phi) is 10.8. The van der Waals surface area contributed by atoms with Crippen molar-refractivity contribution in [3.63, 3.8) is 0 Å². The van der Waals surface area contributed by atoms with Gasteiger partial charge in [0.1, 0.15) is 12.1 Å². The molecule has 1 aliphatic heterocycles. The molecule has 0 atom stereocenters. The van der Waals surface area contributed by atoms with Gasteiger partial charge in [-0.2, -0.15) is 0 Å². The highest BCUT2D eigenvalue weighted by Gasteiger charge is 2.21. The third-order valence-corrected chi connectivity index (χ3v) is 7.20. The number of likely N-dealkylation sites (tertiary alicyclic amines) is 1. The summed E-state index contributed by atoms with van der Waals surface area (Å²) >= 11 is 0. The number of hydrogen-bond acceptors (Lipinski definition) is 5. The summed E-state index contributed by atoms with van der Waals surface area (Å²) in [7, 11) is 1.70. The van der Waals surface area contributed by atoms with Crippen LogP contribution in [0.25, 0.3) is 11.1 Å². The highest BCUT2D eigenvalue weighted by Crippen LogP contribution is 2.23. The number of rotatable bonds is 9. The van der Waals surface area contributed by atoms with Crippen LogP contribution in [0.1, 0.15) is 44.7 Å². The van der Waals surface area contributed by atoms with E-state index in [1.165, 1.54) is 5.56 Å². The molecule has 1 heterocycles. The molecule has 43 heavy (non-hydrogen) atoms. The predicted molar refractivity (Wildman–Crippen MR) is 169 cm³/mol. The largest absolute Gasteiger partial charge is 0.444 e. The van der Waals surface area contributed by atoms with Gasteiger partial charge in [0, 0.05) is 45.0 Å². The maximum Gasteiger partial charge on any atom is 0.408 e. The van der Waals surface area contributed by atoms with E-state index in [0.29, 0.717) is 6.54 Å². The smallest absolute Gasteiger partial charge is 0.408 e. The number of piperidine rings is 1. The first-order valence-corrected chi connectivity index (χ1v) is 14.8. The average Bonchev–Trinajstić information content (AvgIpc) is 2.97. The van der Waals surface area contributed by atoms with Crippen LogP contribution in [-0.4, -0.2) is 66.2 Å². The molecular weight excluding hydrogens is 542 g/mol. The number of amides is 4. The number of hydrogen-bond donors (Lipinski definition) is 3. The first kappa shape index (κ1) is 31.6. The van der Waals surface area contributed by atoms with Gasteiger partial charge in [0.05, 0.1) is 0 Å². The van der Waals surface area contributed by atoms with Crippen molar-refractivity contribution < 1.29 is 19.1 Å². The molecule has 0 unspecified atom stereocenters. The molecule has 0 aliphatic carbocycles. The van der Waals surface area contributed by atoms with Gasteiger partial charge in [-0.3, -0.25) is 9.69 Å². The van der Waals surface area contributed by atoms with Gasteiger partial charge >= 0.3 is 12.1 Å². The van der Waals surface area contributed by atoms with E-state index in [-0.39, 0.29) is 24.5 Å². The van der Waals surface area contributed by atoms with Crippen LogP contribution in [0.5, 0.6) is 0 Å². The maximum absolute atomic E-state index is 12.7. The number of nitrogens with zero attached hydrogens (tertiary/aromatic N) is 2. The number of ether oxygens (including phenoxy) is 1. The van der Waals surface area contributed by atoms with Gasteiger partial charge < -0.3 is 25.6 Å². The van der Waals surface area contributed by atoms with Crippen molar-refractivity contribution in [2.75, 3.05) is 32.0 Å². The van der Waals surface area contributed by atoms with Gasteiger partial charge in [-0.25, -0.2) is 9.59 Å². The number of alkyl carbamates (subject to hydrolysis) is 1. The third kappa shape index (κ3) is 10.4. The van der Waals surface area contributed by atoms with Crippen molar-refractivity contribution in [1.29, 1.82) is 0 Å². The minimum Gasteiger partial charge on any atom is -0.444 e. The number of urea groups is 1. The van der Waals surface area contributed by atoms with Crippen molar-refractivity contribution in [3.8, 4) is 11.1 Å². The molecule has 9 heteroatoms. The summed E-state index contributed by atoms with van der Waals surface area (Å²) in [6.45, 7) is 8.43. The lowest BCUT2D eigenvalue weighted by atomic mass is 10.0. The van der Waals surface area contributed by atoms with Crippen LogP contribution in [0, 0.1) is 0 Å². The number of anilines is 1.